The van der Waals surface area contributed by atoms with Gasteiger partial charge in [-0.25, -0.2) is 13.2 Å². The van der Waals surface area contributed by atoms with Crippen LogP contribution in [0, 0.1) is 0 Å². The molecule has 0 aliphatic carbocycles. The van der Waals surface area contributed by atoms with Crippen molar-refractivity contribution in [3.05, 3.63) is 47.5 Å². The fraction of sp³-hybridized carbons (Fsp3) is 0.222. The van der Waals surface area contributed by atoms with Gasteiger partial charge in [-0.15, -0.1) is 0 Å². The number of benzene rings is 2. The van der Waals surface area contributed by atoms with Crippen molar-refractivity contribution in [3.63, 3.8) is 0 Å². The lowest BCUT2D eigenvalue weighted by Gasteiger charge is -2.14. The van der Waals surface area contributed by atoms with E-state index in [1.807, 2.05) is 0 Å². The van der Waals surface area contributed by atoms with Gasteiger partial charge in [0.2, 0.25) is 0 Å². The Bertz CT molecular complexity index is 1000. The van der Waals surface area contributed by atoms with Crippen molar-refractivity contribution in [2.24, 2.45) is 0 Å². The lowest BCUT2D eigenvalue weighted by atomic mass is 10.2. The number of anilines is 1. The number of amides is 1. The monoisotopic (exact) mass is 408 g/mol. The Kier molecular flexibility index (Phi) is 6.47. The van der Waals surface area contributed by atoms with Crippen molar-refractivity contribution >= 4 is 27.6 Å². The second-order valence-electron chi connectivity index (χ2n) is 5.45. The summed E-state index contributed by atoms with van der Waals surface area (Å²) in [6, 6.07) is 8.04. The van der Waals surface area contributed by atoms with E-state index in [2.05, 4.69) is 14.8 Å². The van der Waals surface area contributed by atoms with Crippen LogP contribution in [0.5, 0.6) is 11.5 Å². The maximum atomic E-state index is 12.8. The first-order valence-electron chi connectivity index (χ1n) is 7.96. The molecule has 0 radical (unpaired) electrons. The van der Waals surface area contributed by atoms with Crippen LogP contribution in [-0.4, -0.2) is 48.7 Å². The van der Waals surface area contributed by atoms with E-state index in [0.717, 1.165) is 0 Å². The van der Waals surface area contributed by atoms with E-state index in [0.29, 0.717) is 0 Å². The lowest BCUT2D eigenvalue weighted by molar-refractivity contribution is 0.0600. The van der Waals surface area contributed by atoms with E-state index in [4.69, 9.17) is 9.47 Å². The van der Waals surface area contributed by atoms with Crippen LogP contribution in [0.3, 0.4) is 0 Å². The summed E-state index contributed by atoms with van der Waals surface area (Å²) in [5, 5.41) is 2.42. The standard InChI is InChI=1S/C18H20N2O7S/c1-19-17(21)13-10-12(6-8-15(13)25-2)28(23,24)20-14-9-11(18(22)27-4)5-7-16(14)26-3/h5-10,20H,1-4H3,(H,19,21). The topological polar surface area (TPSA) is 120 Å². The van der Waals surface area contributed by atoms with Gasteiger partial charge in [-0.05, 0) is 36.4 Å². The summed E-state index contributed by atoms with van der Waals surface area (Å²) in [5.74, 6) is -0.701. The van der Waals surface area contributed by atoms with Gasteiger partial charge < -0.3 is 19.5 Å². The van der Waals surface area contributed by atoms with Crippen molar-refractivity contribution in [3.8, 4) is 11.5 Å². The fourth-order valence-corrected chi connectivity index (χ4v) is 3.49. The molecular weight excluding hydrogens is 388 g/mol. The normalized spacial score (nSPS) is 10.7. The number of hydrogen-bond donors (Lipinski definition) is 2. The summed E-state index contributed by atoms with van der Waals surface area (Å²) in [6.45, 7) is 0. The Morgan fingerprint density at radius 3 is 2.14 bits per heavy atom. The van der Waals surface area contributed by atoms with Gasteiger partial charge in [0.05, 0.1) is 43.0 Å². The second-order valence-corrected chi connectivity index (χ2v) is 7.14. The van der Waals surface area contributed by atoms with E-state index in [1.54, 1.807) is 0 Å². The molecule has 0 spiro atoms. The van der Waals surface area contributed by atoms with Crippen LogP contribution < -0.4 is 19.5 Å². The molecule has 1 amide bonds. The van der Waals surface area contributed by atoms with Crippen LogP contribution in [0.2, 0.25) is 0 Å². The molecule has 2 rings (SSSR count). The number of rotatable bonds is 7. The van der Waals surface area contributed by atoms with Crippen LogP contribution in [0.15, 0.2) is 41.3 Å². The number of ether oxygens (including phenoxy) is 3. The highest BCUT2D eigenvalue weighted by Crippen LogP contribution is 2.29. The van der Waals surface area contributed by atoms with Gasteiger partial charge in [-0.2, -0.15) is 0 Å². The maximum Gasteiger partial charge on any atom is 0.337 e. The molecule has 2 N–H and O–H groups in total. The zero-order valence-electron chi connectivity index (χ0n) is 15.7. The minimum atomic E-state index is -4.10. The average Bonchev–Trinajstić information content (AvgIpc) is 2.71. The van der Waals surface area contributed by atoms with Gasteiger partial charge in [0.25, 0.3) is 15.9 Å². The lowest BCUT2D eigenvalue weighted by Crippen LogP contribution is -2.20. The van der Waals surface area contributed by atoms with Gasteiger partial charge in [-0.3, -0.25) is 9.52 Å². The summed E-state index contributed by atoms with van der Waals surface area (Å²) < 4.78 is 42.9. The van der Waals surface area contributed by atoms with Gasteiger partial charge in [-0.1, -0.05) is 0 Å². The third kappa shape index (κ3) is 4.34. The SMILES string of the molecule is CNC(=O)c1cc(S(=O)(=O)Nc2cc(C(=O)OC)ccc2OC)ccc1OC. The first kappa shape index (κ1) is 21.0. The Hall–Kier alpha value is -3.27. The van der Waals surface area contributed by atoms with Gasteiger partial charge in [0.15, 0.2) is 0 Å². The van der Waals surface area contributed by atoms with E-state index >= 15 is 0 Å². The minimum Gasteiger partial charge on any atom is -0.496 e. The van der Waals surface area contributed by atoms with Crippen LogP contribution >= 0.6 is 0 Å². The predicted molar refractivity (Wildman–Crippen MR) is 102 cm³/mol. The summed E-state index contributed by atoms with van der Waals surface area (Å²) in [7, 11) is 1.27. The highest BCUT2D eigenvalue weighted by atomic mass is 32.2. The van der Waals surface area contributed by atoms with Crippen molar-refractivity contribution in [1.29, 1.82) is 0 Å². The molecule has 0 aliphatic rings. The molecule has 9 nitrogen and oxygen atoms in total. The number of hydrogen-bond acceptors (Lipinski definition) is 7. The molecule has 2 aromatic carbocycles. The van der Waals surface area contributed by atoms with E-state index in [-0.39, 0.29) is 33.2 Å². The highest BCUT2D eigenvalue weighted by molar-refractivity contribution is 7.92. The third-order valence-electron chi connectivity index (χ3n) is 3.82. The van der Waals surface area contributed by atoms with Gasteiger partial charge in [0, 0.05) is 7.05 Å². The van der Waals surface area contributed by atoms with Crippen LogP contribution in [0.4, 0.5) is 5.69 Å². The number of nitrogens with one attached hydrogen (secondary N) is 2. The van der Waals surface area contributed by atoms with Crippen LogP contribution in [0.25, 0.3) is 0 Å². The number of carbonyl (C=O) groups is 2. The Balaban J connectivity index is 2.49. The first-order valence-corrected chi connectivity index (χ1v) is 9.45. The fourth-order valence-electron chi connectivity index (χ4n) is 2.40. The van der Waals surface area contributed by atoms with Crippen molar-refractivity contribution < 1.29 is 32.2 Å². The number of sulfonamides is 1. The third-order valence-corrected chi connectivity index (χ3v) is 5.18. The first-order chi connectivity index (χ1) is 13.3. The number of carbonyl (C=O) groups excluding carboxylic acids is 2. The smallest absolute Gasteiger partial charge is 0.337 e. The molecule has 10 heteroatoms. The van der Waals surface area contributed by atoms with Gasteiger partial charge >= 0.3 is 5.97 Å². The van der Waals surface area contributed by atoms with Crippen molar-refractivity contribution in [2.75, 3.05) is 33.1 Å². The molecule has 0 heterocycles. The quantitative estimate of drug-likeness (QED) is 0.669. The largest absolute Gasteiger partial charge is 0.496 e. The summed E-state index contributed by atoms with van der Waals surface area (Å²) >= 11 is 0. The van der Waals surface area contributed by atoms with Crippen molar-refractivity contribution in [2.45, 2.75) is 4.90 Å². The highest BCUT2D eigenvalue weighted by Gasteiger charge is 2.21. The molecule has 0 atom stereocenters. The molecule has 0 saturated heterocycles. The molecular formula is C18H20N2O7S. The van der Waals surface area contributed by atoms with E-state index in [9.17, 15) is 18.0 Å². The zero-order valence-corrected chi connectivity index (χ0v) is 16.5. The van der Waals surface area contributed by atoms with E-state index in [1.165, 1.54) is 64.8 Å². The van der Waals surface area contributed by atoms with Gasteiger partial charge in [0.1, 0.15) is 11.5 Å². The molecule has 150 valence electrons. The second kappa shape index (κ2) is 8.61. The Morgan fingerprint density at radius 1 is 0.929 bits per heavy atom. The predicted octanol–water partition coefficient (Wildman–Crippen LogP) is 1.65. The zero-order chi connectivity index (χ0) is 20.9. The Morgan fingerprint density at radius 2 is 1.57 bits per heavy atom. The molecule has 28 heavy (non-hydrogen) atoms. The minimum absolute atomic E-state index is 0.0442. The van der Waals surface area contributed by atoms with Crippen LogP contribution in [-0.2, 0) is 14.8 Å². The molecule has 0 aliphatic heterocycles. The summed E-state index contributed by atoms with van der Waals surface area (Å²) in [6.07, 6.45) is 0. The van der Waals surface area contributed by atoms with Crippen LogP contribution in [0.1, 0.15) is 20.7 Å². The van der Waals surface area contributed by atoms with E-state index < -0.39 is 21.9 Å². The summed E-state index contributed by atoms with van der Waals surface area (Å²) in [4.78, 5) is 23.6. The van der Waals surface area contributed by atoms with Crippen molar-refractivity contribution in [1.82, 2.24) is 5.32 Å². The molecule has 0 saturated carbocycles. The molecule has 0 bridgehead atoms. The molecule has 0 fully saturated rings. The maximum absolute atomic E-state index is 12.8. The molecule has 0 aromatic heterocycles. The molecule has 0 unspecified atom stereocenters. The summed E-state index contributed by atoms with van der Waals surface area (Å²) in [5.41, 5.74) is 0.243. The number of methoxy groups -OCH3 is 3. The average molecular weight is 408 g/mol. The molecule has 2 aromatic rings. The number of esters is 1. The Labute approximate surface area is 162 Å².